The third-order valence-electron chi connectivity index (χ3n) is 2.64. The van der Waals surface area contributed by atoms with E-state index in [-0.39, 0.29) is 6.03 Å². The second-order valence-corrected chi connectivity index (χ2v) is 4.01. The molecule has 0 saturated heterocycles. The molecular formula is C10H21N3O. The van der Waals surface area contributed by atoms with Gasteiger partial charge in [-0.25, -0.2) is 4.79 Å². The van der Waals surface area contributed by atoms with Crippen LogP contribution < -0.4 is 16.4 Å². The first kappa shape index (κ1) is 11.3. The molecule has 0 atom stereocenters. The molecule has 0 spiro atoms. The number of nitrogens with two attached hydrogens (primary N) is 1. The van der Waals surface area contributed by atoms with Crippen molar-refractivity contribution in [3.63, 3.8) is 0 Å². The van der Waals surface area contributed by atoms with Crippen LogP contribution in [0.3, 0.4) is 0 Å². The van der Waals surface area contributed by atoms with Gasteiger partial charge in [-0.2, -0.15) is 0 Å². The van der Waals surface area contributed by atoms with Crippen LogP contribution in [0, 0.1) is 0 Å². The number of carbonyl (C=O) groups is 1. The van der Waals surface area contributed by atoms with E-state index in [9.17, 15) is 4.79 Å². The summed E-state index contributed by atoms with van der Waals surface area (Å²) in [6.45, 7) is 2.79. The zero-order valence-corrected chi connectivity index (χ0v) is 8.88. The highest BCUT2D eigenvalue weighted by Crippen LogP contribution is 2.16. The van der Waals surface area contributed by atoms with Gasteiger partial charge in [-0.05, 0) is 32.1 Å². The van der Waals surface area contributed by atoms with Crippen LogP contribution in [-0.2, 0) is 0 Å². The lowest BCUT2D eigenvalue weighted by atomic mass is 9.92. The molecule has 0 heterocycles. The molecule has 0 radical (unpaired) electrons. The van der Waals surface area contributed by atoms with Gasteiger partial charge in [-0.1, -0.05) is 6.92 Å². The van der Waals surface area contributed by atoms with E-state index in [0.717, 1.165) is 38.6 Å². The van der Waals surface area contributed by atoms with E-state index in [1.807, 2.05) is 6.92 Å². The predicted octanol–water partition coefficient (Wildman–Crippen LogP) is 0.965. The van der Waals surface area contributed by atoms with Gasteiger partial charge in [0.1, 0.15) is 0 Å². The summed E-state index contributed by atoms with van der Waals surface area (Å²) in [5.41, 5.74) is 5.78. The van der Waals surface area contributed by atoms with Crippen LogP contribution in [0.5, 0.6) is 0 Å². The molecular weight excluding hydrogens is 178 g/mol. The van der Waals surface area contributed by atoms with Crippen molar-refractivity contribution in [2.24, 2.45) is 5.73 Å². The summed E-state index contributed by atoms with van der Waals surface area (Å²) in [5.74, 6) is 0. The Bertz CT molecular complexity index is 176. The minimum atomic E-state index is -0.0349. The first-order valence-electron chi connectivity index (χ1n) is 5.52. The predicted molar refractivity (Wildman–Crippen MR) is 57.1 cm³/mol. The maximum absolute atomic E-state index is 11.3. The van der Waals surface area contributed by atoms with E-state index < -0.39 is 0 Å². The van der Waals surface area contributed by atoms with E-state index in [1.165, 1.54) is 0 Å². The molecule has 0 bridgehead atoms. The molecule has 2 amide bonds. The first-order valence-corrected chi connectivity index (χ1v) is 5.52. The summed E-state index contributed by atoms with van der Waals surface area (Å²) in [6.07, 6.45) is 5.06. The summed E-state index contributed by atoms with van der Waals surface area (Å²) >= 11 is 0. The number of rotatable bonds is 3. The molecule has 0 aromatic heterocycles. The SMILES string of the molecule is CCCNC(=O)NC1CCC(N)CC1. The van der Waals surface area contributed by atoms with E-state index in [1.54, 1.807) is 0 Å². The monoisotopic (exact) mass is 199 g/mol. The average Bonchev–Trinajstić information content (AvgIpc) is 2.18. The fourth-order valence-electron chi connectivity index (χ4n) is 1.74. The lowest BCUT2D eigenvalue weighted by Gasteiger charge is -2.26. The Balaban J connectivity index is 2.14. The summed E-state index contributed by atoms with van der Waals surface area (Å²) in [7, 11) is 0. The van der Waals surface area contributed by atoms with Crippen LogP contribution in [0.25, 0.3) is 0 Å². The van der Waals surface area contributed by atoms with Gasteiger partial charge in [0.05, 0.1) is 0 Å². The molecule has 4 heteroatoms. The van der Waals surface area contributed by atoms with Gasteiger partial charge in [-0.15, -0.1) is 0 Å². The van der Waals surface area contributed by atoms with Crippen LogP contribution in [0.2, 0.25) is 0 Å². The molecule has 1 fully saturated rings. The van der Waals surface area contributed by atoms with Crippen LogP contribution in [0.15, 0.2) is 0 Å². The van der Waals surface area contributed by atoms with Gasteiger partial charge in [0.2, 0.25) is 0 Å². The van der Waals surface area contributed by atoms with Crippen molar-refractivity contribution in [1.82, 2.24) is 10.6 Å². The fourth-order valence-corrected chi connectivity index (χ4v) is 1.74. The minimum Gasteiger partial charge on any atom is -0.338 e. The molecule has 1 aliphatic carbocycles. The molecule has 0 unspecified atom stereocenters. The van der Waals surface area contributed by atoms with Crippen LogP contribution in [0.1, 0.15) is 39.0 Å². The van der Waals surface area contributed by atoms with E-state index in [2.05, 4.69) is 10.6 Å². The number of hydrogen-bond acceptors (Lipinski definition) is 2. The Hall–Kier alpha value is -0.770. The minimum absolute atomic E-state index is 0.0349. The molecule has 4 N–H and O–H groups in total. The molecule has 0 aromatic carbocycles. The summed E-state index contributed by atoms with van der Waals surface area (Å²) in [5, 5.41) is 5.78. The quantitative estimate of drug-likeness (QED) is 0.634. The van der Waals surface area contributed by atoms with Gasteiger partial charge < -0.3 is 16.4 Å². The summed E-state index contributed by atoms with van der Waals surface area (Å²) in [6, 6.07) is 0.630. The van der Waals surface area contributed by atoms with E-state index in [0.29, 0.717) is 12.1 Å². The maximum atomic E-state index is 11.3. The van der Waals surface area contributed by atoms with Gasteiger partial charge in [0.25, 0.3) is 0 Å². The Morgan fingerprint density at radius 1 is 1.36 bits per heavy atom. The molecule has 82 valence electrons. The summed E-state index contributed by atoms with van der Waals surface area (Å²) in [4.78, 5) is 11.3. The largest absolute Gasteiger partial charge is 0.338 e. The van der Waals surface area contributed by atoms with Crippen LogP contribution in [-0.4, -0.2) is 24.7 Å². The Morgan fingerprint density at radius 2 is 2.00 bits per heavy atom. The highest BCUT2D eigenvalue weighted by Gasteiger charge is 2.19. The van der Waals surface area contributed by atoms with Crippen molar-refractivity contribution in [2.45, 2.75) is 51.1 Å². The summed E-state index contributed by atoms with van der Waals surface area (Å²) < 4.78 is 0. The van der Waals surface area contributed by atoms with Gasteiger partial charge in [0, 0.05) is 18.6 Å². The number of urea groups is 1. The Labute approximate surface area is 85.6 Å². The zero-order valence-electron chi connectivity index (χ0n) is 8.88. The van der Waals surface area contributed by atoms with Crippen molar-refractivity contribution < 1.29 is 4.79 Å². The van der Waals surface area contributed by atoms with Gasteiger partial charge in [0.15, 0.2) is 0 Å². The number of hydrogen-bond donors (Lipinski definition) is 3. The van der Waals surface area contributed by atoms with Crippen molar-refractivity contribution in [2.75, 3.05) is 6.54 Å². The standard InChI is InChI=1S/C10H21N3O/c1-2-7-12-10(14)13-9-5-3-8(11)4-6-9/h8-9H,2-7,11H2,1H3,(H2,12,13,14). The van der Waals surface area contributed by atoms with Crippen molar-refractivity contribution in [3.05, 3.63) is 0 Å². The highest BCUT2D eigenvalue weighted by molar-refractivity contribution is 5.74. The zero-order chi connectivity index (χ0) is 10.4. The molecule has 1 rings (SSSR count). The smallest absolute Gasteiger partial charge is 0.315 e. The first-order chi connectivity index (χ1) is 6.72. The van der Waals surface area contributed by atoms with Crippen LogP contribution in [0.4, 0.5) is 4.79 Å². The molecule has 0 aromatic rings. The van der Waals surface area contributed by atoms with Crippen molar-refractivity contribution in [1.29, 1.82) is 0 Å². The number of carbonyl (C=O) groups excluding carboxylic acids is 1. The molecule has 4 nitrogen and oxygen atoms in total. The number of nitrogens with one attached hydrogen (secondary N) is 2. The van der Waals surface area contributed by atoms with E-state index >= 15 is 0 Å². The fraction of sp³-hybridized carbons (Fsp3) is 0.900. The third kappa shape index (κ3) is 3.96. The normalized spacial score (nSPS) is 27.0. The van der Waals surface area contributed by atoms with Crippen molar-refractivity contribution >= 4 is 6.03 Å². The highest BCUT2D eigenvalue weighted by atomic mass is 16.2. The molecule has 14 heavy (non-hydrogen) atoms. The Kier molecular flexibility index (Phi) is 4.73. The number of amides is 2. The van der Waals surface area contributed by atoms with Crippen LogP contribution >= 0.6 is 0 Å². The molecule has 1 aliphatic rings. The third-order valence-corrected chi connectivity index (χ3v) is 2.64. The average molecular weight is 199 g/mol. The second-order valence-electron chi connectivity index (χ2n) is 4.01. The Morgan fingerprint density at radius 3 is 2.57 bits per heavy atom. The molecule has 1 saturated carbocycles. The van der Waals surface area contributed by atoms with Crippen molar-refractivity contribution in [3.8, 4) is 0 Å². The van der Waals surface area contributed by atoms with Gasteiger partial charge >= 0.3 is 6.03 Å². The lowest BCUT2D eigenvalue weighted by molar-refractivity contribution is 0.231. The van der Waals surface area contributed by atoms with E-state index in [4.69, 9.17) is 5.73 Å². The second kappa shape index (κ2) is 5.86. The topological polar surface area (TPSA) is 67.2 Å². The molecule has 0 aliphatic heterocycles. The lowest BCUT2D eigenvalue weighted by Crippen LogP contribution is -2.45. The van der Waals surface area contributed by atoms with Gasteiger partial charge in [-0.3, -0.25) is 0 Å². The maximum Gasteiger partial charge on any atom is 0.315 e.